The summed E-state index contributed by atoms with van der Waals surface area (Å²) in [5.74, 6) is 1.77. The van der Waals surface area contributed by atoms with Crippen LogP contribution in [-0.2, 0) is 16.0 Å². The number of guanidine groups is 1. The number of hydrogen-bond acceptors (Lipinski definition) is 4. The fourth-order valence-corrected chi connectivity index (χ4v) is 3.84. The van der Waals surface area contributed by atoms with Crippen LogP contribution >= 0.6 is 0 Å². The second-order valence-electron chi connectivity index (χ2n) is 7.20. The maximum atomic E-state index is 12.2. The molecule has 0 radical (unpaired) electrons. The highest BCUT2D eigenvalue weighted by atomic mass is 16.5. The number of likely N-dealkylation sites (tertiary alicyclic amines) is 1. The number of nitrogens with zero attached hydrogens (tertiary/aromatic N) is 2. The van der Waals surface area contributed by atoms with Gasteiger partial charge in [-0.1, -0.05) is 12.8 Å². The van der Waals surface area contributed by atoms with Crippen molar-refractivity contribution >= 4 is 11.9 Å². The molecule has 144 valence electrons. The molecule has 1 aliphatic carbocycles. The van der Waals surface area contributed by atoms with Gasteiger partial charge in [-0.25, -0.2) is 0 Å². The van der Waals surface area contributed by atoms with Crippen molar-refractivity contribution in [3.63, 3.8) is 0 Å². The monoisotopic (exact) mass is 361 g/mol. The standard InChI is InChI=1S/C20H31N3O3/c1-2-25-19(24)16-7-5-13-23(15-16)20(22-17-8-3-4-9-17)21-12-11-18-10-6-14-26-18/h6,10,14,16-17H,2-5,7-9,11-13,15H2,1H3,(H,21,22). The van der Waals surface area contributed by atoms with Crippen LogP contribution in [0.4, 0.5) is 0 Å². The summed E-state index contributed by atoms with van der Waals surface area (Å²) in [5, 5.41) is 3.65. The molecule has 1 aromatic heterocycles. The number of furan rings is 1. The summed E-state index contributed by atoms with van der Waals surface area (Å²) in [6, 6.07) is 4.39. The molecule has 1 saturated carbocycles. The highest BCUT2D eigenvalue weighted by Crippen LogP contribution is 2.21. The lowest BCUT2D eigenvalue weighted by atomic mass is 9.98. The molecule has 2 heterocycles. The summed E-state index contributed by atoms with van der Waals surface area (Å²) in [6.45, 7) is 4.62. The summed E-state index contributed by atoms with van der Waals surface area (Å²) in [7, 11) is 0. The zero-order valence-electron chi connectivity index (χ0n) is 15.8. The third-order valence-corrected chi connectivity index (χ3v) is 5.23. The first-order valence-corrected chi connectivity index (χ1v) is 10.0. The Balaban J connectivity index is 1.63. The average Bonchev–Trinajstić information content (AvgIpc) is 3.35. The molecule has 0 amide bonds. The van der Waals surface area contributed by atoms with E-state index in [0.717, 1.165) is 37.5 Å². The summed E-state index contributed by atoms with van der Waals surface area (Å²) >= 11 is 0. The van der Waals surface area contributed by atoms with Gasteiger partial charge in [-0.15, -0.1) is 0 Å². The van der Waals surface area contributed by atoms with E-state index in [1.54, 1.807) is 6.26 Å². The molecule has 26 heavy (non-hydrogen) atoms. The van der Waals surface area contributed by atoms with Gasteiger partial charge >= 0.3 is 5.97 Å². The first kappa shape index (κ1) is 18.8. The molecule has 3 rings (SSSR count). The van der Waals surface area contributed by atoms with Crippen LogP contribution in [0.25, 0.3) is 0 Å². The van der Waals surface area contributed by atoms with Crippen LogP contribution in [0.15, 0.2) is 27.8 Å². The summed E-state index contributed by atoms with van der Waals surface area (Å²) in [4.78, 5) is 19.2. The van der Waals surface area contributed by atoms with Crippen molar-refractivity contribution in [2.75, 3.05) is 26.2 Å². The van der Waals surface area contributed by atoms with Crippen LogP contribution in [0.5, 0.6) is 0 Å². The third-order valence-electron chi connectivity index (χ3n) is 5.23. The number of esters is 1. The third kappa shape index (κ3) is 5.26. The van der Waals surface area contributed by atoms with Crippen molar-refractivity contribution in [1.82, 2.24) is 10.2 Å². The number of aliphatic imine (C=N–C) groups is 1. The molecule has 1 aliphatic heterocycles. The Kier molecular flexibility index (Phi) is 6.97. The van der Waals surface area contributed by atoms with Gasteiger partial charge in [-0.3, -0.25) is 9.79 Å². The lowest BCUT2D eigenvalue weighted by Crippen LogP contribution is -2.50. The zero-order valence-corrected chi connectivity index (χ0v) is 15.8. The van der Waals surface area contributed by atoms with Crippen LogP contribution in [0.2, 0.25) is 0 Å². The molecular weight excluding hydrogens is 330 g/mol. The van der Waals surface area contributed by atoms with E-state index in [2.05, 4.69) is 10.2 Å². The minimum atomic E-state index is -0.0759. The normalized spacial score (nSPS) is 21.8. The Labute approximate surface area is 156 Å². The van der Waals surface area contributed by atoms with Crippen LogP contribution in [0.1, 0.15) is 51.2 Å². The van der Waals surface area contributed by atoms with E-state index < -0.39 is 0 Å². The summed E-state index contributed by atoms with van der Waals surface area (Å²) in [6.07, 6.45) is 9.35. The molecule has 1 unspecified atom stereocenters. The van der Waals surface area contributed by atoms with Crippen molar-refractivity contribution in [2.45, 2.75) is 57.9 Å². The molecule has 6 nitrogen and oxygen atoms in total. The van der Waals surface area contributed by atoms with Gasteiger partial charge in [0.1, 0.15) is 5.76 Å². The highest BCUT2D eigenvalue weighted by Gasteiger charge is 2.29. The van der Waals surface area contributed by atoms with Crippen LogP contribution in [-0.4, -0.2) is 49.1 Å². The molecular formula is C20H31N3O3. The van der Waals surface area contributed by atoms with Crippen molar-refractivity contribution in [3.05, 3.63) is 24.2 Å². The Hall–Kier alpha value is -1.98. The van der Waals surface area contributed by atoms with E-state index in [0.29, 0.717) is 25.7 Å². The largest absolute Gasteiger partial charge is 0.469 e. The van der Waals surface area contributed by atoms with E-state index in [9.17, 15) is 4.79 Å². The lowest BCUT2D eigenvalue weighted by molar-refractivity contribution is -0.149. The van der Waals surface area contributed by atoms with Crippen molar-refractivity contribution in [3.8, 4) is 0 Å². The number of carbonyl (C=O) groups excluding carboxylic acids is 1. The molecule has 0 aromatic carbocycles. The number of carbonyl (C=O) groups is 1. The van der Waals surface area contributed by atoms with Gasteiger partial charge < -0.3 is 19.4 Å². The fraction of sp³-hybridized carbons (Fsp3) is 0.700. The molecule has 2 fully saturated rings. The Morgan fingerprint density at radius 2 is 2.19 bits per heavy atom. The second kappa shape index (κ2) is 9.64. The molecule has 1 atom stereocenters. The Morgan fingerprint density at radius 1 is 1.35 bits per heavy atom. The molecule has 1 N–H and O–H groups in total. The smallest absolute Gasteiger partial charge is 0.310 e. The average molecular weight is 361 g/mol. The Bertz CT molecular complexity index is 579. The molecule has 1 saturated heterocycles. The maximum Gasteiger partial charge on any atom is 0.310 e. The fourth-order valence-electron chi connectivity index (χ4n) is 3.84. The topological polar surface area (TPSA) is 67.1 Å². The van der Waals surface area contributed by atoms with Gasteiger partial charge in [-0.05, 0) is 44.7 Å². The molecule has 1 aromatic rings. The van der Waals surface area contributed by atoms with Gasteiger partial charge in [0.25, 0.3) is 0 Å². The van der Waals surface area contributed by atoms with Gasteiger partial charge in [0, 0.05) is 32.1 Å². The Morgan fingerprint density at radius 3 is 2.92 bits per heavy atom. The van der Waals surface area contributed by atoms with E-state index in [1.807, 2.05) is 19.1 Å². The SMILES string of the molecule is CCOC(=O)C1CCCN(C(=NCCc2ccco2)NC2CCCC2)C1. The van der Waals surface area contributed by atoms with E-state index in [-0.39, 0.29) is 11.9 Å². The number of piperidine rings is 1. The zero-order chi connectivity index (χ0) is 18.2. The van der Waals surface area contributed by atoms with Crippen molar-refractivity contribution < 1.29 is 13.9 Å². The number of rotatable bonds is 6. The predicted octanol–water partition coefficient (Wildman–Crippen LogP) is 2.99. The summed E-state index contributed by atoms with van der Waals surface area (Å²) in [5.41, 5.74) is 0. The minimum Gasteiger partial charge on any atom is -0.469 e. The lowest BCUT2D eigenvalue weighted by Gasteiger charge is -2.35. The van der Waals surface area contributed by atoms with Gasteiger partial charge in [0.2, 0.25) is 0 Å². The molecule has 0 spiro atoms. The van der Waals surface area contributed by atoms with Gasteiger partial charge in [0.15, 0.2) is 5.96 Å². The van der Waals surface area contributed by atoms with Crippen LogP contribution < -0.4 is 5.32 Å². The minimum absolute atomic E-state index is 0.0515. The quantitative estimate of drug-likeness (QED) is 0.479. The van der Waals surface area contributed by atoms with Crippen LogP contribution in [0, 0.1) is 5.92 Å². The van der Waals surface area contributed by atoms with Crippen molar-refractivity contribution in [2.24, 2.45) is 10.9 Å². The van der Waals surface area contributed by atoms with Crippen molar-refractivity contribution in [1.29, 1.82) is 0 Å². The highest BCUT2D eigenvalue weighted by molar-refractivity contribution is 5.81. The van der Waals surface area contributed by atoms with E-state index in [1.165, 1.54) is 25.7 Å². The van der Waals surface area contributed by atoms with Gasteiger partial charge in [-0.2, -0.15) is 0 Å². The first-order valence-electron chi connectivity index (χ1n) is 10.0. The van der Waals surface area contributed by atoms with E-state index in [4.69, 9.17) is 14.1 Å². The first-order chi connectivity index (χ1) is 12.8. The summed E-state index contributed by atoms with van der Waals surface area (Å²) < 4.78 is 10.6. The number of hydrogen-bond donors (Lipinski definition) is 1. The molecule has 6 heteroatoms. The molecule has 0 bridgehead atoms. The maximum absolute atomic E-state index is 12.2. The molecule has 2 aliphatic rings. The van der Waals surface area contributed by atoms with Gasteiger partial charge in [0.05, 0.1) is 18.8 Å². The van der Waals surface area contributed by atoms with Crippen LogP contribution in [0.3, 0.4) is 0 Å². The predicted molar refractivity (Wildman–Crippen MR) is 101 cm³/mol. The number of nitrogens with one attached hydrogen (secondary N) is 1. The number of ether oxygens (including phenoxy) is 1. The van der Waals surface area contributed by atoms with E-state index >= 15 is 0 Å². The second-order valence-corrected chi connectivity index (χ2v) is 7.20.